The highest BCUT2D eigenvalue weighted by molar-refractivity contribution is 5.75. The molecule has 0 atom stereocenters. The van der Waals surface area contributed by atoms with Gasteiger partial charge in [-0.25, -0.2) is 9.48 Å². The first-order valence-corrected chi connectivity index (χ1v) is 7.25. The Morgan fingerprint density at radius 2 is 2.00 bits per heavy atom. The molecule has 2 nitrogen and oxygen atoms in total. The Bertz CT molecular complexity index is 370. The zero-order chi connectivity index (χ0) is 12.6. The van der Waals surface area contributed by atoms with Gasteiger partial charge in [-0.2, -0.15) is 0 Å². The zero-order valence-corrected chi connectivity index (χ0v) is 11.5. The van der Waals surface area contributed by atoms with E-state index in [9.17, 15) is 0 Å². The van der Waals surface area contributed by atoms with Gasteiger partial charge >= 0.3 is 0 Å². The predicted octanol–water partition coefficient (Wildman–Crippen LogP) is 2.97. The fourth-order valence-electron chi connectivity index (χ4n) is 2.47. The first kappa shape index (κ1) is 13.3. The van der Waals surface area contributed by atoms with Gasteiger partial charge in [0.05, 0.1) is 6.54 Å². The SMILES string of the molecule is CCCCCCN1CC[N+](=Cc2ccccc2)C1. The second-order valence-corrected chi connectivity index (χ2v) is 5.17. The van der Waals surface area contributed by atoms with Gasteiger partial charge in [-0.15, -0.1) is 0 Å². The standard InChI is InChI=1S/C16H25N2/c1-2-3-4-8-11-17-12-13-18(15-17)14-16-9-6-5-7-10-16/h5-7,9-10,14H,2-4,8,11-13,15H2,1H3/q+1. The second kappa shape index (κ2) is 7.32. The smallest absolute Gasteiger partial charge is 0.199 e. The highest BCUT2D eigenvalue weighted by Crippen LogP contribution is 2.05. The lowest BCUT2D eigenvalue weighted by Gasteiger charge is -2.09. The van der Waals surface area contributed by atoms with Gasteiger partial charge in [0, 0.05) is 12.1 Å². The molecule has 18 heavy (non-hydrogen) atoms. The molecule has 0 bridgehead atoms. The summed E-state index contributed by atoms with van der Waals surface area (Å²) < 4.78 is 2.43. The maximum Gasteiger partial charge on any atom is 0.199 e. The average molecular weight is 245 g/mol. The Morgan fingerprint density at radius 1 is 1.17 bits per heavy atom. The van der Waals surface area contributed by atoms with Crippen molar-refractivity contribution in [3.8, 4) is 0 Å². The van der Waals surface area contributed by atoms with Crippen molar-refractivity contribution >= 4 is 6.21 Å². The summed E-state index contributed by atoms with van der Waals surface area (Å²) in [6.07, 6.45) is 7.73. The fourth-order valence-corrected chi connectivity index (χ4v) is 2.47. The zero-order valence-electron chi connectivity index (χ0n) is 11.5. The van der Waals surface area contributed by atoms with Crippen LogP contribution in [0.3, 0.4) is 0 Å². The summed E-state index contributed by atoms with van der Waals surface area (Å²) in [4.78, 5) is 2.56. The molecule has 0 N–H and O–H groups in total. The summed E-state index contributed by atoms with van der Waals surface area (Å²) in [6, 6.07) is 10.6. The van der Waals surface area contributed by atoms with E-state index in [0.717, 1.165) is 6.67 Å². The van der Waals surface area contributed by atoms with Crippen molar-refractivity contribution in [2.45, 2.75) is 32.6 Å². The lowest BCUT2D eigenvalue weighted by Crippen LogP contribution is -2.22. The van der Waals surface area contributed by atoms with E-state index in [0.29, 0.717) is 0 Å². The molecule has 2 rings (SSSR count). The van der Waals surface area contributed by atoms with E-state index < -0.39 is 0 Å². The number of rotatable bonds is 6. The maximum absolute atomic E-state index is 2.56. The molecule has 0 amide bonds. The van der Waals surface area contributed by atoms with Crippen molar-refractivity contribution in [2.24, 2.45) is 0 Å². The van der Waals surface area contributed by atoms with Gasteiger partial charge in [0.2, 0.25) is 0 Å². The summed E-state index contributed by atoms with van der Waals surface area (Å²) in [5.74, 6) is 0. The molecule has 0 aliphatic carbocycles. The maximum atomic E-state index is 2.56. The van der Waals surface area contributed by atoms with E-state index in [1.54, 1.807) is 0 Å². The Balaban J connectivity index is 1.76. The Hall–Kier alpha value is -1.15. The molecule has 1 fully saturated rings. The molecular formula is C16H25N2+. The van der Waals surface area contributed by atoms with Crippen LogP contribution in [0.25, 0.3) is 0 Å². The van der Waals surface area contributed by atoms with Crippen molar-refractivity contribution in [3.63, 3.8) is 0 Å². The number of hydrogen-bond donors (Lipinski definition) is 0. The van der Waals surface area contributed by atoms with Crippen molar-refractivity contribution in [3.05, 3.63) is 35.9 Å². The normalized spacial score (nSPS) is 18.6. The van der Waals surface area contributed by atoms with E-state index >= 15 is 0 Å². The monoisotopic (exact) mass is 245 g/mol. The highest BCUT2D eigenvalue weighted by Gasteiger charge is 2.21. The minimum absolute atomic E-state index is 1.10. The van der Waals surface area contributed by atoms with E-state index in [-0.39, 0.29) is 0 Å². The molecule has 2 heteroatoms. The number of unbranched alkanes of at least 4 members (excludes halogenated alkanes) is 3. The molecule has 1 aliphatic rings. The van der Waals surface area contributed by atoms with E-state index in [1.807, 2.05) is 0 Å². The number of benzene rings is 1. The number of hydrogen-bond acceptors (Lipinski definition) is 1. The summed E-state index contributed by atoms with van der Waals surface area (Å²) in [6.45, 7) is 7.02. The Morgan fingerprint density at radius 3 is 2.78 bits per heavy atom. The summed E-state index contributed by atoms with van der Waals surface area (Å²) in [5, 5.41) is 0. The minimum atomic E-state index is 1.10. The summed E-state index contributed by atoms with van der Waals surface area (Å²) >= 11 is 0. The van der Waals surface area contributed by atoms with Gasteiger partial charge in [-0.05, 0) is 18.6 Å². The molecule has 1 aliphatic heterocycles. The van der Waals surface area contributed by atoms with Crippen LogP contribution in [-0.2, 0) is 0 Å². The van der Waals surface area contributed by atoms with Crippen LogP contribution < -0.4 is 0 Å². The largest absolute Gasteiger partial charge is 0.242 e. The summed E-state index contributed by atoms with van der Waals surface area (Å²) in [5.41, 5.74) is 1.31. The molecule has 0 aromatic heterocycles. The molecule has 98 valence electrons. The van der Waals surface area contributed by atoms with Gasteiger partial charge in [-0.1, -0.05) is 44.4 Å². The third kappa shape index (κ3) is 4.26. The molecule has 0 unspecified atom stereocenters. The predicted molar refractivity (Wildman–Crippen MR) is 77.3 cm³/mol. The van der Waals surface area contributed by atoms with Crippen molar-refractivity contribution < 1.29 is 4.58 Å². The first-order chi connectivity index (χ1) is 8.88. The number of nitrogens with zero attached hydrogens (tertiary/aromatic N) is 2. The van der Waals surface area contributed by atoms with Crippen LogP contribution in [0, 0.1) is 0 Å². The van der Waals surface area contributed by atoms with Crippen molar-refractivity contribution in [1.82, 2.24) is 4.90 Å². The molecule has 1 aromatic carbocycles. The Kier molecular flexibility index (Phi) is 5.40. The van der Waals surface area contributed by atoms with Crippen molar-refractivity contribution in [1.29, 1.82) is 0 Å². The molecule has 1 saturated heterocycles. The topological polar surface area (TPSA) is 6.25 Å². The van der Waals surface area contributed by atoms with Gasteiger partial charge in [-0.3, -0.25) is 0 Å². The molecule has 0 spiro atoms. The molecule has 0 saturated carbocycles. The van der Waals surface area contributed by atoms with Crippen LogP contribution in [0.5, 0.6) is 0 Å². The molecule has 1 heterocycles. The summed E-state index contributed by atoms with van der Waals surface area (Å²) in [7, 11) is 0. The van der Waals surface area contributed by atoms with Crippen LogP contribution in [-0.4, -0.2) is 42.0 Å². The van der Waals surface area contributed by atoms with E-state index in [4.69, 9.17) is 0 Å². The molecule has 0 radical (unpaired) electrons. The van der Waals surface area contributed by atoms with Crippen LogP contribution in [0.1, 0.15) is 38.2 Å². The molecular weight excluding hydrogens is 220 g/mol. The first-order valence-electron chi connectivity index (χ1n) is 7.25. The third-order valence-electron chi connectivity index (χ3n) is 3.54. The van der Waals surface area contributed by atoms with Crippen LogP contribution in [0.15, 0.2) is 30.3 Å². The van der Waals surface area contributed by atoms with Crippen molar-refractivity contribution in [2.75, 3.05) is 26.3 Å². The van der Waals surface area contributed by atoms with Gasteiger partial charge in [0.15, 0.2) is 19.4 Å². The van der Waals surface area contributed by atoms with Crippen LogP contribution >= 0.6 is 0 Å². The van der Waals surface area contributed by atoms with E-state index in [1.165, 1.54) is 50.9 Å². The quantitative estimate of drug-likeness (QED) is 0.551. The second-order valence-electron chi connectivity index (χ2n) is 5.17. The molecule has 1 aromatic rings. The lowest BCUT2D eigenvalue weighted by molar-refractivity contribution is -0.509. The third-order valence-corrected chi connectivity index (χ3v) is 3.54. The van der Waals surface area contributed by atoms with E-state index in [2.05, 4.69) is 52.9 Å². The Labute approximate surface area is 111 Å². The average Bonchev–Trinajstić information content (AvgIpc) is 2.84. The minimum Gasteiger partial charge on any atom is -0.242 e. The highest BCUT2D eigenvalue weighted by atomic mass is 15.3. The van der Waals surface area contributed by atoms with Gasteiger partial charge in [0.25, 0.3) is 0 Å². The van der Waals surface area contributed by atoms with Crippen LogP contribution in [0.4, 0.5) is 0 Å². The van der Waals surface area contributed by atoms with Gasteiger partial charge < -0.3 is 0 Å². The fraction of sp³-hybridized carbons (Fsp3) is 0.562. The van der Waals surface area contributed by atoms with Crippen LogP contribution in [0.2, 0.25) is 0 Å². The lowest BCUT2D eigenvalue weighted by atomic mass is 10.2. The van der Waals surface area contributed by atoms with Gasteiger partial charge in [0.1, 0.15) is 0 Å².